The summed E-state index contributed by atoms with van der Waals surface area (Å²) in [6.45, 7) is 1.99. The Hall–Kier alpha value is -1.42. The minimum atomic E-state index is 0.170. The predicted octanol–water partition coefficient (Wildman–Crippen LogP) is 2.05. The van der Waals surface area contributed by atoms with E-state index in [1.54, 1.807) is 5.01 Å². The molecule has 0 saturated heterocycles. The number of nitrogens with zero attached hydrogens (tertiary/aromatic N) is 2. The standard InChI is InChI=1S/C11H13N3S/c1-8-7-10(14(13-8)11(12)15)9-5-3-2-4-6-9/h2-6,10H,7H2,1H3,(H2,12,15). The Morgan fingerprint density at radius 1 is 1.47 bits per heavy atom. The molecular weight excluding hydrogens is 206 g/mol. The molecule has 0 amide bonds. The number of rotatable bonds is 1. The Labute approximate surface area is 94.6 Å². The van der Waals surface area contributed by atoms with Gasteiger partial charge >= 0.3 is 0 Å². The Morgan fingerprint density at radius 2 is 2.13 bits per heavy atom. The Morgan fingerprint density at radius 3 is 2.73 bits per heavy atom. The lowest BCUT2D eigenvalue weighted by Crippen LogP contribution is -2.31. The lowest BCUT2D eigenvalue weighted by atomic mass is 10.0. The molecular formula is C11H13N3S. The monoisotopic (exact) mass is 219 g/mol. The van der Waals surface area contributed by atoms with Crippen LogP contribution in [0.4, 0.5) is 0 Å². The molecule has 1 unspecified atom stereocenters. The molecule has 0 spiro atoms. The zero-order valence-electron chi connectivity index (χ0n) is 8.55. The molecule has 15 heavy (non-hydrogen) atoms. The minimum absolute atomic E-state index is 0.170. The van der Waals surface area contributed by atoms with Gasteiger partial charge in [-0.05, 0) is 24.7 Å². The van der Waals surface area contributed by atoms with E-state index in [-0.39, 0.29) is 6.04 Å². The van der Waals surface area contributed by atoms with Crippen molar-refractivity contribution in [1.82, 2.24) is 5.01 Å². The zero-order valence-corrected chi connectivity index (χ0v) is 9.37. The maximum absolute atomic E-state index is 5.64. The molecule has 2 N–H and O–H groups in total. The van der Waals surface area contributed by atoms with Crippen LogP contribution in [0.15, 0.2) is 35.4 Å². The van der Waals surface area contributed by atoms with Crippen LogP contribution in [-0.4, -0.2) is 15.8 Å². The predicted molar refractivity (Wildman–Crippen MR) is 65.5 cm³/mol. The largest absolute Gasteiger partial charge is 0.375 e. The van der Waals surface area contributed by atoms with Gasteiger partial charge in [-0.2, -0.15) is 5.10 Å². The second-order valence-corrected chi connectivity index (χ2v) is 4.07. The van der Waals surface area contributed by atoms with E-state index in [1.807, 2.05) is 25.1 Å². The molecule has 0 aliphatic carbocycles. The fourth-order valence-corrected chi connectivity index (χ4v) is 1.97. The molecule has 1 aromatic rings. The van der Waals surface area contributed by atoms with Gasteiger partial charge in [-0.15, -0.1) is 0 Å². The average molecular weight is 219 g/mol. The van der Waals surface area contributed by atoms with Crippen molar-refractivity contribution in [2.24, 2.45) is 10.8 Å². The number of hydrogen-bond donors (Lipinski definition) is 1. The van der Waals surface area contributed by atoms with Crippen molar-refractivity contribution in [3.63, 3.8) is 0 Å². The number of benzene rings is 1. The van der Waals surface area contributed by atoms with Gasteiger partial charge in [-0.1, -0.05) is 30.3 Å². The molecule has 3 nitrogen and oxygen atoms in total. The van der Waals surface area contributed by atoms with Gasteiger partial charge in [-0.25, -0.2) is 5.01 Å². The first-order chi connectivity index (χ1) is 7.18. The molecule has 0 fully saturated rings. The summed E-state index contributed by atoms with van der Waals surface area (Å²) < 4.78 is 0. The van der Waals surface area contributed by atoms with Crippen LogP contribution in [0.25, 0.3) is 0 Å². The number of nitrogens with two attached hydrogens (primary N) is 1. The highest BCUT2D eigenvalue weighted by atomic mass is 32.1. The van der Waals surface area contributed by atoms with Gasteiger partial charge in [0, 0.05) is 12.1 Å². The molecule has 2 rings (SSSR count). The molecule has 1 atom stereocenters. The van der Waals surface area contributed by atoms with E-state index in [0.717, 1.165) is 12.1 Å². The van der Waals surface area contributed by atoms with Crippen molar-refractivity contribution < 1.29 is 0 Å². The second kappa shape index (κ2) is 3.98. The van der Waals surface area contributed by atoms with Crippen molar-refractivity contribution in [3.05, 3.63) is 35.9 Å². The molecule has 0 bridgehead atoms. The van der Waals surface area contributed by atoms with Crippen LogP contribution < -0.4 is 5.73 Å². The van der Waals surface area contributed by atoms with E-state index in [4.69, 9.17) is 18.0 Å². The lowest BCUT2D eigenvalue weighted by molar-refractivity contribution is 0.373. The Bertz CT molecular complexity index is 400. The van der Waals surface area contributed by atoms with Gasteiger partial charge in [0.15, 0.2) is 5.11 Å². The van der Waals surface area contributed by atoms with Crippen molar-refractivity contribution in [3.8, 4) is 0 Å². The fraction of sp³-hybridized carbons (Fsp3) is 0.273. The summed E-state index contributed by atoms with van der Waals surface area (Å²) >= 11 is 4.98. The van der Waals surface area contributed by atoms with Gasteiger partial charge in [0.1, 0.15) is 0 Å². The van der Waals surface area contributed by atoms with Gasteiger partial charge < -0.3 is 5.73 Å². The highest BCUT2D eigenvalue weighted by Crippen LogP contribution is 2.29. The van der Waals surface area contributed by atoms with Crippen molar-refractivity contribution in [1.29, 1.82) is 0 Å². The first kappa shape index (κ1) is 10.1. The fourth-order valence-electron chi connectivity index (χ4n) is 1.80. The van der Waals surface area contributed by atoms with Crippen LogP contribution in [0.3, 0.4) is 0 Å². The first-order valence-electron chi connectivity index (χ1n) is 4.86. The quantitative estimate of drug-likeness (QED) is 0.735. The van der Waals surface area contributed by atoms with E-state index in [1.165, 1.54) is 5.56 Å². The maximum Gasteiger partial charge on any atom is 0.187 e. The molecule has 78 valence electrons. The normalized spacial score (nSPS) is 20.2. The second-order valence-electron chi connectivity index (χ2n) is 3.65. The third-order valence-electron chi connectivity index (χ3n) is 2.47. The van der Waals surface area contributed by atoms with E-state index in [9.17, 15) is 0 Å². The summed E-state index contributed by atoms with van der Waals surface area (Å²) in [7, 11) is 0. The number of hydrazone groups is 1. The third kappa shape index (κ3) is 1.99. The summed E-state index contributed by atoms with van der Waals surface area (Å²) in [5.41, 5.74) is 7.90. The average Bonchev–Trinajstić information content (AvgIpc) is 2.62. The van der Waals surface area contributed by atoms with Crippen LogP contribution in [0.5, 0.6) is 0 Å². The molecule has 0 saturated carbocycles. The zero-order chi connectivity index (χ0) is 10.8. The van der Waals surface area contributed by atoms with Crippen LogP contribution in [0, 0.1) is 0 Å². The van der Waals surface area contributed by atoms with Crippen molar-refractivity contribution >= 4 is 23.0 Å². The lowest BCUT2D eigenvalue weighted by Gasteiger charge is -2.21. The van der Waals surface area contributed by atoms with E-state index in [2.05, 4.69) is 17.2 Å². The summed E-state index contributed by atoms with van der Waals surface area (Å²) in [4.78, 5) is 0. The first-order valence-corrected chi connectivity index (χ1v) is 5.27. The van der Waals surface area contributed by atoms with Crippen LogP contribution >= 0.6 is 12.2 Å². The molecule has 1 aromatic carbocycles. The number of thiocarbonyl (C=S) groups is 1. The van der Waals surface area contributed by atoms with Gasteiger partial charge in [0.2, 0.25) is 0 Å². The summed E-state index contributed by atoms with van der Waals surface area (Å²) in [5, 5.41) is 6.39. The Balaban J connectivity index is 2.28. The van der Waals surface area contributed by atoms with E-state index in [0.29, 0.717) is 5.11 Å². The molecule has 0 aromatic heterocycles. The number of hydrogen-bond acceptors (Lipinski definition) is 2. The van der Waals surface area contributed by atoms with E-state index < -0.39 is 0 Å². The smallest absolute Gasteiger partial charge is 0.187 e. The molecule has 0 radical (unpaired) electrons. The van der Waals surface area contributed by atoms with Gasteiger partial charge in [0.05, 0.1) is 6.04 Å². The Kier molecular flexibility index (Phi) is 2.68. The summed E-state index contributed by atoms with van der Waals surface area (Å²) in [6.07, 6.45) is 0.890. The third-order valence-corrected chi connectivity index (χ3v) is 2.66. The van der Waals surface area contributed by atoms with Crippen LogP contribution in [-0.2, 0) is 0 Å². The molecule has 1 heterocycles. The van der Waals surface area contributed by atoms with Crippen molar-refractivity contribution in [2.75, 3.05) is 0 Å². The highest BCUT2D eigenvalue weighted by molar-refractivity contribution is 7.80. The highest BCUT2D eigenvalue weighted by Gasteiger charge is 2.27. The summed E-state index contributed by atoms with van der Waals surface area (Å²) in [6, 6.07) is 10.3. The van der Waals surface area contributed by atoms with Gasteiger partial charge in [0.25, 0.3) is 0 Å². The minimum Gasteiger partial charge on any atom is -0.375 e. The topological polar surface area (TPSA) is 41.6 Å². The van der Waals surface area contributed by atoms with E-state index >= 15 is 0 Å². The van der Waals surface area contributed by atoms with Crippen molar-refractivity contribution in [2.45, 2.75) is 19.4 Å². The maximum atomic E-state index is 5.64. The SMILES string of the molecule is CC1=NN(C(N)=S)C(c2ccccc2)C1. The molecule has 1 aliphatic rings. The molecule has 1 aliphatic heterocycles. The molecule has 4 heteroatoms. The van der Waals surface area contributed by atoms with Gasteiger partial charge in [-0.3, -0.25) is 0 Å². The van der Waals surface area contributed by atoms with Crippen LogP contribution in [0.2, 0.25) is 0 Å². The summed E-state index contributed by atoms with van der Waals surface area (Å²) in [5.74, 6) is 0. The van der Waals surface area contributed by atoms with Crippen LogP contribution in [0.1, 0.15) is 24.9 Å².